The first-order chi connectivity index (χ1) is 9.75. The van der Waals surface area contributed by atoms with Crippen LogP contribution in [0, 0.1) is 6.92 Å². The Labute approximate surface area is 121 Å². The van der Waals surface area contributed by atoms with Crippen molar-refractivity contribution in [2.24, 2.45) is 0 Å². The maximum Gasteiger partial charge on any atom is 0.106 e. The van der Waals surface area contributed by atoms with E-state index >= 15 is 0 Å². The van der Waals surface area contributed by atoms with Crippen LogP contribution in [-0.4, -0.2) is 35.4 Å². The Morgan fingerprint density at radius 2 is 2.20 bits per heavy atom. The van der Waals surface area contributed by atoms with E-state index in [1.54, 1.807) is 0 Å². The van der Waals surface area contributed by atoms with Crippen molar-refractivity contribution < 1.29 is 4.74 Å². The fourth-order valence-corrected chi connectivity index (χ4v) is 3.63. The first kappa shape index (κ1) is 14.1. The molecule has 2 aliphatic rings. The third-order valence-electron chi connectivity index (χ3n) is 4.62. The second-order valence-electron chi connectivity index (χ2n) is 6.27. The van der Waals surface area contributed by atoms with Gasteiger partial charge in [-0.1, -0.05) is 0 Å². The molecule has 2 unspecified atom stereocenters. The van der Waals surface area contributed by atoms with Crippen LogP contribution in [0.25, 0.3) is 0 Å². The molecule has 4 heteroatoms. The molecule has 1 aliphatic heterocycles. The van der Waals surface area contributed by atoms with Crippen molar-refractivity contribution in [2.45, 2.75) is 64.5 Å². The van der Waals surface area contributed by atoms with Crippen LogP contribution in [0.15, 0.2) is 0 Å². The van der Waals surface area contributed by atoms with Crippen molar-refractivity contribution in [1.82, 2.24) is 14.9 Å². The van der Waals surface area contributed by atoms with Gasteiger partial charge in [0.1, 0.15) is 5.82 Å². The van der Waals surface area contributed by atoms with Gasteiger partial charge in [-0.05, 0) is 52.4 Å². The Balaban J connectivity index is 1.58. The van der Waals surface area contributed by atoms with Gasteiger partial charge < -0.3 is 14.6 Å². The van der Waals surface area contributed by atoms with Crippen molar-refractivity contribution in [3.05, 3.63) is 17.2 Å². The maximum atomic E-state index is 5.66. The van der Waals surface area contributed by atoms with E-state index in [1.807, 2.05) is 0 Å². The standard InChI is InChI=1S/C16H27N3O/c1-12(10-17-11-14-6-5-9-20-14)19-13(2)18-15-7-3-4-8-16(15)19/h12,14,17H,3-11H2,1-2H3. The minimum Gasteiger partial charge on any atom is -0.377 e. The number of nitrogens with zero attached hydrogens (tertiary/aromatic N) is 2. The molecule has 1 saturated heterocycles. The molecule has 112 valence electrons. The lowest BCUT2D eigenvalue weighted by Gasteiger charge is -2.22. The van der Waals surface area contributed by atoms with Gasteiger partial charge in [-0.25, -0.2) is 4.98 Å². The third-order valence-corrected chi connectivity index (χ3v) is 4.62. The van der Waals surface area contributed by atoms with E-state index in [-0.39, 0.29) is 0 Å². The van der Waals surface area contributed by atoms with Crippen molar-refractivity contribution in [1.29, 1.82) is 0 Å². The Bertz CT molecular complexity index is 449. The van der Waals surface area contributed by atoms with Gasteiger partial charge in [-0.2, -0.15) is 0 Å². The van der Waals surface area contributed by atoms with E-state index < -0.39 is 0 Å². The molecular weight excluding hydrogens is 250 g/mol. The first-order valence-electron chi connectivity index (χ1n) is 8.14. The van der Waals surface area contributed by atoms with Crippen molar-refractivity contribution >= 4 is 0 Å². The van der Waals surface area contributed by atoms with E-state index in [1.165, 1.54) is 55.7 Å². The Morgan fingerprint density at radius 1 is 1.35 bits per heavy atom. The van der Waals surface area contributed by atoms with Gasteiger partial charge in [-0.15, -0.1) is 0 Å². The molecule has 0 aromatic carbocycles. The summed E-state index contributed by atoms with van der Waals surface area (Å²) >= 11 is 0. The van der Waals surface area contributed by atoms with Crippen molar-refractivity contribution in [3.63, 3.8) is 0 Å². The van der Waals surface area contributed by atoms with Crippen molar-refractivity contribution in [3.8, 4) is 0 Å². The largest absolute Gasteiger partial charge is 0.377 e. The summed E-state index contributed by atoms with van der Waals surface area (Å²) in [5, 5.41) is 3.58. The number of imidazole rings is 1. The Morgan fingerprint density at radius 3 is 3.00 bits per heavy atom. The molecule has 20 heavy (non-hydrogen) atoms. The van der Waals surface area contributed by atoms with Gasteiger partial charge in [0.15, 0.2) is 0 Å². The number of nitrogens with one attached hydrogen (secondary N) is 1. The molecule has 0 saturated carbocycles. The van der Waals surface area contributed by atoms with Crippen LogP contribution in [-0.2, 0) is 17.6 Å². The monoisotopic (exact) mass is 277 g/mol. The molecule has 4 nitrogen and oxygen atoms in total. The normalized spacial score (nSPS) is 23.8. The molecule has 1 fully saturated rings. The fourth-order valence-electron chi connectivity index (χ4n) is 3.63. The van der Waals surface area contributed by atoms with Crippen LogP contribution in [0.3, 0.4) is 0 Å². The highest BCUT2D eigenvalue weighted by atomic mass is 16.5. The maximum absolute atomic E-state index is 5.66. The van der Waals surface area contributed by atoms with E-state index in [2.05, 4.69) is 23.7 Å². The predicted octanol–water partition coefficient (Wildman–Crippen LogP) is 2.40. The number of aryl methyl sites for hydroxylation is 2. The van der Waals surface area contributed by atoms with Crippen LogP contribution >= 0.6 is 0 Å². The van der Waals surface area contributed by atoms with Gasteiger partial charge in [0, 0.05) is 31.4 Å². The van der Waals surface area contributed by atoms with Crippen LogP contribution < -0.4 is 5.32 Å². The van der Waals surface area contributed by atoms with Gasteiger partial charge >= 0.3 is 0 Å². The summed E-state index contributed by atoms with van der Waals surface area (Å²) in [6, 6.07) is 0.478. The highest BCUT2D eigenvalue weighted by molar-refractivity contribution is 5.20. The zero-order valence-corrected chi connectivity index (χ0v) is 12.8. The lowest BCUT2D eigenvalue weighted by Crippen LogP contribution is -2.31. The molecule has 1 aromatic heterocycles. The molecular formula is C16H27N3O. The number of ether oxygens (including phenoxy) is 1. The summed E-state index contributed by atoms with van der Waals surface area (Å²) in [6.07, 6.45) is 7.84. The van der Waals surface area contributed by atoms with Crippen molar-refractivity contribution in [2.75, 3.05) is 19.7 Å². The summed E-state index contributed by atoms with van der Waals surface area (Å²) < 4.78 is 8.11. The summed E-state index contributed by atoms with van der Waals surface area (Å²) in [7, 11) is 0. The molecule has 0 spiro atoms. The van der Waals surface area contributed by atoms with Crippen LogP contribution in [0.4, 0.5) is 0 Å². The number of rotatable bonds is 5. The average molecular weight is 277 g/mol. The van der Waals surface area contributed by atoms with Gasteiger partial charge in [-0.3, -0.25) is 0 Å². The summed E-state index contributed by atoms with van der Waals surface area (Å²) in [6.45, 7) is 7.38. The molecule has 1 aliphatic carbocycles. The summed E-state index contributed by atoms with van der Waals surface area (Å²) in [4.78, 5) is 4.77. The molecule has 2 heterocycles. The fraction of sp³-hybridized carbons (Fsp3) is 0.812. The topological polar surface area (TPSA) is 39.1 Å². The summed E-state index contributed by atoms with van der Waals surface area (Å²) in [5.41, 5.74) is 2.83. The third kappa shape index (κ3) is 2.91. The molecule has 2 atom stereocenters. The lowest BCUT2D eigenvalue weighted by atomic mass is 10.0. The number of aromatic nitrogens is 2. The van der Waals surface area contributed by atoms with Crippen LogP contribution in [0.2, 0.25) is 0 Å². The molecule has 1 N–H and O–H groups in total. The van der Waals surface area contributed by atoms with E-state index in [0.29, 0.717) is 12.1 Å². The lowest BCUT2D eigenvalue weighted by molar-refractivity contribution is 0.109. The minimum atomic E-state index is 0.431. The molecule has 0 amide bonds. The predicted molar refractivity (Wildman–Crippen MR) is 80.2 cm³/mol. The van der Waals surface area contributed by atoms with E-state index in [4.69, 9.17) is 9.72 Å². The summed E-state index contributed by atoms with van der Waals surface area (Å²) in [5.74, 6) is 1.18. The zero-order valence-electron chi connectivity index (χ0n) is 12.8. The Hall–Kier alpha value is -0.870. The first-order valence-corrected chi connectivity index (χ1v) is 8.14. The highest BCUT2D eigenvalue weighted by Gasteiger charge is 2.21. The molecule has 0 bridgehead atoms. The zero-order chi connectivity index (χ0) is 13.9. The second-order valence-corrected chi connectivity index (χ2v) is 6.27. The number of hydrogen-bond acceptors (Lipinski definition) is 3. The van der Waals surface area contributed by atoms with E-state index in [9.17, 15) is 0 Å². The minimum absolute atomic E-state index is 0.431. The van der Waals surface area contributed by atoms with E-state index in [0.717, 1.165) is 19.7 Å². The quantitative estimate of drug-likeness (QED) is 0.898. The smallest absolute Gasteiger partial charge is 0.106 e. The second kappa shape index (κ2) is 6.27. The number of fused-ring (bicyclic) bond motifs is 1. The Kier molecular flexibility index (Phi) is 4.41. The molecule has 3 rings (SSSR count). The number of hydrogen-bond donors (Lipinski definition) is 1. The van der Waals surface area contributed by atoms with Crippen LogP contribution in [0.5, 0.6) is 0 Å². The van der Waals surface area contributed by atoms with Gasteiger partial charge in [0.05, 0.1) is 11.8 Å². The SMILES string of the molecule is Cc1nc2c(n1C(C)CNCC1CCCO1)CCCC2. The average Bonchev–Trinajstić information content (AvgIpc) is 3.04. The molecule has 0 radical (unpaired) electrons. The van der Waals surface area contributed by atoms with Gasteiger partial charge in [0.2, 0.25) is 0 Å². The van der Waals surface area contributed by atoms with Gasteiger partial charge in [0.25, 0.3) is 0 Å². The van der Waals surface area contributed by atoms with Crippen LogP contribution in [0.1, 0.15) is 55.9 Å². The molecule has 1 aromatic rings. The highest BCUT2D eigenvalue weighted by Crippen LogP contribution is 2.25.